The van der Waals surface area contributed by atoms with Crippen LogP contribution in [0.3, 0.4) is 0 Å². The van der Waals surface area contributed by atoms with Gasteiger partial charge >= 0.3 is 5.69 Å². The molecule has 2 atom stereocenters. The third kappa shape index (κ3) is 3.56. The molecule has 1 fully saturated rings. The summed E-state index contributed by atoms with van der Waals surface area (Å²) < 4.78 is 0. The lowest BCUT2D eigenvalue weighted by Gasteiger charge is -2.05. The summed E-state index contributed by atoms with van der Waals surface area (Å²) in [6.45, 7) is 4.55. The average molecular weight is 265 g/mol. The lowest BCUT2D eigenvalue weighted by molar-refractivity contribution is -0.121. The van der Waals surface area contributed by atoms with Gasteiger partial charge in [0.25, 0.3) is 5.56 Å². The first kappa shape index (κ1) is 13.6. The van der Waals surface area contributed by atoms with Gasteiger partial charge in [0, 0.05) is 24.2 Å². The molecule has 2 rings (SSSR count). The SMILES string of the molecule is Cc1[nH]c(=O)[nH]c(=O)c1CCC(=O)NCC1CC1C. The Bertz CT molecular complexity index is 588. The van der Waals surface area contributed by atoms with Gasteiger partial charge in [0.1, 0.15) is 0 Å². The smallest absolute Gasteiger partial charge is 0.325 e. The van der Waals surface area contributed by atoms with Gasteiger partial charge in [-0.1, -0.05) is 6.92 Å². The molecule has 0 bridgehead atoms. The van der Waals surface area contributed by atoms with E-state index in [1.807, 2.05) is 0 Å². The van der Waals surface area contributed by atoms with E-state index in [1.165, 1.54) is 6.42 Å². The number of carbonyl (C=O) groups excluding carboxylic acids is 1. The standard InChI is InChI=1S/C13H19N3O3/c1-7-5-9(7)6-14-11(17)4-3-10-8(2)15-13(19)16-12(10)18/h7,9H,3-6H2,1-2H3,(H,14,17)(H2,15,16,18,19). The van der Waals surface area contributed by atoms with E-state index in [2.05, 4.69) is 22.2 Å². The summed E-state index contributed by atoms with van der Waals surface area (Å²) in [7, 11) is 0. The highest BCUT2D eigenvalue weighted by Crippen LogP contribution is 2.36. The van der Waals surface area contributed by atoms with Crippen LogP contribution in [0.15, 0.2) is 9.59 Å². The van der Waals surface area contributed by atoms with E-state index in [1.54, 1.807) is 6.92 Å². The minimum atomic E-state index is -0.515. The third-order valence-electron chi connectivity index (χ3n) is 3.69. The molecule has 0 radical (unpaired) electrons. The Balaban J connectivity index is 1.86. The predicted octanol–water partition coefficient (Wildman–Crippen LogP) is 0.0764. The van der Waals surface area contributed by atoms with Crippen molar-refractivity contribution in [2.24, 2.45) is 11.8 Å². The average Bonchev–Trinajstić information content (AvgIpc) is 3.01. The van der Waals surface area contributed by atoms with Crippen LogP contribution in [0.1, 0.15) is 31.0 Å². The van der Waals surface area contributed by atoms with Gasteiger partial charge in [-0.25, -0.2) is 4.79 Å². The molecule has 0 aromatic carbocycles. The zero-order chi connectivity index (χ0) is 14.0. The van der Waals surface area contributed by atoms with Crippen LogP contribution in [-0.2, 0) is 11.2 Å². The van der Waals surface area contributed by atoms with E-state index in [9.17, 15) is 14.4 Å². The maximum atomic E-state index is 11.6. The minimum absolute atomic E-state index is 0.0518. The topological polar surface area (TPSA) is 94.8 Å². The van der Waals surface area contributed by atoms with E-state index in [4.69, 9.17) is 0 Å². The van der Waals surface area contributed by atoms with Gasteiger partial charge in [-0.15, -0.1) is 0 Å². The molecular weight excluding hydrogens is 246 g/mol. The van der Waals surface area contributed by atoms with Crippen LogP contribution >= 0.6 is 0 Å². The molecule has 1 aliphatic carbocycles. The van der Waals surface area contributed by atoms with Gasteiger partial charge in [0.05, 0.1) is 0 Å². The highest BCUT2D eigenvalue weighted by Gasteiger charge is 2.32. The van der Waals surface area contributed by atoms with Crippen LogP contribution in [0, 0.1) is 18.8 Å². The molecule has 104 valence electrons. The highest BCUT2D eigenvalue weighted by atomic mass is 16.2. The summed E-state index contributed by atoms with van der Waals surface area (Å²) in [5.41, 5.74) is 0.0650. The first-order valence-electron chi connectivity index (χ1n) is 6.56. The molecule has 1 amide bonds. The largest absolute Gasteiger partial charge is 0.356 e. The summed E-state index contributed by atoms with van der Waals surface area (Å²) >= 11 is 0. The number of rotatable bonds is 5. The number of H-pyrrole nitrogens is 2. The molecule has 3 N–H and O–H groups in total. The Morgan fingerprint density at radius 3 is 2.63 bits per heavy atom. The number of aromatic nitrogens is 2. The monoisotopic (exact) mass is 265 g/mol. The number of aryl methyl sites for hydroxylation is 1. The van der Waals surface area contributed by atoms with Gasteiger partial charge in [-0.05, 0) is 31.6 Å². The van der Waals surface area contributed by atoms with Crippen LogP contribution in [0.25, 0.3) is 0 Å². The van der Waals surface area contributed by atoms with E-state index < -0.39 is 11.2 Å². The molecule has 2 unspecified atom stereocenters. The zero-order valence-corrected chi connectivity index (χ0v) is 11.2. The minimum Gasteiger partial charge on any atom is -0.356 e. The fraction of sp³-hybridized carbons (Fsp3) is 0.615. The molecule has 0 spiro atoms. The van der Waals surface area contributed by atoms with Crippen molar-refractivity contribution in [3.63, 3.8) is 0 Å². The molecular formula is C13H19N3O3. The third-order valence-corrected chi connectivity index (χ3v) is 3.69. The molecule has 6 heteroatoms. The van der Waals surface area contributed by atoms with Gasteiger partial charge in [-0.2, -0.15) is 0 Å². The number of nitrogens with one attached hydrogen (secondary N) is 3. The molecule has 0 saturated heterocycles. The Labute approximate surface area is 110 Å². The van der Waals surface area contributed by atoms with Crippen LogP contribution in [0.4, 0.5) is 0 Å². The van der Waals surface area contributed by atoms with Crippen molar-refractivity contribution in [1.82, 2.24) is 15.3 Å². The van der Waals surface area contributed by atoms with Crippen LogP contribution in [0.2, 0.25) is 0 Å². The van der Waals surface area contributed by atoms with E-state index in [0.717, 1.165) is 6.54 Å². The summed E-state index contributed by atoms with van der Waals surface area (Å²) in [5, 5.41) is 2.87. The quantitative estimate of drug-likeness (QED) is 0.703. The van der Waals surface area contributed by atoms with Crippen LogP contribution in [0.5, 0.6) is 0 Å². The van der Waals surface area contributed by atoms with Crippen molar-refractivity contribution in [2.45, 2.75) is 33.1 Å². The second-order valence-electron chi connectivity index (χ2n) is 5.29. The van der Waals surface area contributed by atoms with E-state index in [0.29, 0.717) is 29.5 Å². The van der Waals surface area contributed by atoms with Crippen molar-refractivity contribution in [2.75, 3.05) is 6.54 Å². The maximum Gasteiger partial charge on any atom is 0.325 e. The van der Waals surface area contributed by atoms with Crippen LogP contribution in [-0.4, -0.2) is 22.4 Å². The van der Waals surface area contributed by atoms with Gasteiger partial charge in [0.15, 0.2) is 0 Å². The van der Waals surface area contributed by atoms with Gasteiger partial charge < -0.3 is 10.3 Å². The van der Waals surface area contributed by atoms with Gasteiger partial charge in [-0.3, -0.25) is 14.6 Å². The maximum absolute atomic E-state index is 11.6. The first-order chi connectivity index (χ1) is 8.97. The summed E-state index contributed by atoms with van der Waals surface area (Å²) in [6.07, 6.45) is 1.78. The van der Waals surface area contributed by atoms with Crippen LogP contribution < -0.4 is 16.6 Å². The molecule has 1 aromatic heterocycles. The molecule has 1 heterocycles. The van der Waals surface area contributed by atoms with Crippen molar-refractivity contribution in [3.8, 4) is 0 Å². The summed E-state index contributed by atoms with van der Waals surface area (Å²) in [6, 6.07) is 0. The normalized spacial score (nSPS) is 21.2. The zero-order valence-electron chi connectivity index (χ0n) is 11.2. The fourth-order valence-electron chi connectivity index (χ4n) is 2.18. The van der Waals surface area contributed by atoms with E-state index in [-0.39, 0.29) is 12.3 Å². The predicted molar refractivity (Wildman–Crippen MR) is 71.0 cm³/mol. The number of aromatic amines is 2. The number of hydrogen-bond donors (Lipinski definition) is 3. The molecule has 0 aliphatic heterocycles. The Hall–Kier alpha value is -1.85. The van der Waals surface area contributed by atoms with Crippen molar-refractivity contribution in [3.05, 3.63) is 32.1 Å². The van der Waals surface area contributed by atoms with Crippen molar-refractivity contribution < 1.29 is 4.79 Å². The Morgan fingerprint density at radius 1 is 1.37 bits per heavy atom. The van der Waals surface area contributed by atoms with E-state index >= 15 is 0 Å². The highest BCUT2D eigenvalue weighted by molar-refractivity contribution is 5.76. The van der Waals surface area contributed by atoms with Gasteiger partial charge in [0.2, 0.25) is 5.91 Å². The van der Waals surface area contributed by atoms with Crippen molar-refractivity contribution in [1.29, 1.82) is 0 Å². The summed E-state index contributed by atoms with van der Waals surface area (Å²) in [4.78, 5) is 39.0. The van der Waals surface area contributed by atoms with Crippen molar-refractivity contribution >= 4 is 5.91 Å². The molecule has 1 aliphatic rings. The molecule has 1 saturated carbocycles. The molecule has 6 nitrogen and oxygen atoms in total. The molecule has 1 aromatic rings. The second kappa shape index (κ2) is 5.42. The fourth-order valence-corrected chi connectivity index (χ4v) is 2.18. The Morgan fingerprint density at radius 2 is 2.05 bits per heavy atom. The second-order valence-corrected chi connectivity index (χ2v) is 5.29. The number of amides is 1. The lowest BCUT2D eigenvalue weighted by Crippen LogP contribution is -2.30. The lowest BCUT2D eigenvalue weighted by atomic mass is 10.1. The first-order valence-corrected chi connectivity index (χ1v) is 6.56. The molecule has 19 heavy (non-hydrogen) atoms. The number of hydrogen-bond acceptors (Lipinski definition) is 3. The number of carbonyl (C=O) groups is 1. The summed E-state index contributed by atoms with van der Waals surface area (Å²) in [5.74, 6) is 1.27. The Kier molecular flexibility index (Phi) is 3.87.